The molecule has 0 bridgehead atoms. The summed E-state index contributed by atoms with van der Waals surface area (Å²) in [7, 11) is -3.46. The van der Waals surface area contributed by atoms with Gasteiger partial charge in [-0.05, 0) is 24.5 Å². The first-order valence-corrected chi connectivity index (χ1v) is 8.41. The molecule has 2 aromatic rings. The van der Waals surface area contributed by atoms with Crippen LogP contribution in [-0.4, -0.2) is 36.0 Å². The average Bonchev–Trinajstić information content (AvgIpc) is 3.17. The van der Waals surface area contributed by atoms with Gasteiger partial charge in [-0.3, -0.25) is 0 Å². The highest BCUT2D eigenvalue weighted by atomic mass is 32.2. The lowest BCUT2D eigenvalue weighted by molar-refractivity contribution is 0.403. The monoisotopic (exact) mass is 307 g/mol. The molecule has 1 aliphatic heterocycles. The zero-order valence-corrected chi connectivity index (χ0v) is 12.6. The number of hydrogen-bond donors (Lipinski definition) is 0. The van der Waals surface area contributed by atoms with Crippen LogP contribution in [0.15, 0.2) is 40.1 Å². The van der Waals surface area contributed by atoms with E-state index in [1.807, 2.05) is 19.1 Å². The SMILES string of the molecule is CCc1ccccc1S(=O)(=O)N1CC[C@H](c2ncon2)C1. The molecule has 21 heavy (non-hydrogen) atoms. The zero-order valence-electron chi connectivity index (χ0n) is 11.8. The van der Waals surface area contributed by atoms with E-state index in [1.54, 1.807) is 12.1 Å². The van der Waals surface area contributed by atoms with Gasteiger partial charge in [0.2, 0.25) is 16.4 Å². The second kappa shape index (κ2) is 5.57. The van der Waals surface area contributed by atoms with Crippen LogP contribution < -0.4 is 0 Å². The topological polar surface area (TPSA) is 76.3 Å². The second-order valence-electron chi connectivity index (χ2n) is 5.10. The smallest absolute Gasteiger partial charge is 0.243 e. The van der Waals surface area contributed by atoms with E-state index in [0.29, 0.717) is 36.7 Å². The molecular formula is C14H17N3O3S. The van der Waals surface area contributed by atoms with Crippen LogP contribution in [0.3, 0.4) is 0 Å². The van der Waals surface area contributed by atoms with Gasteiger partial charge in [-0.25, -0.2) is 8.42 Å². The Hall–Kier alpha value is -1.73. The van der Waals surface area contributed by atoms with Crippen molar-refractivity contribution in [2.24, 2.45) is 0 Å². The molecule has 1 fully saturated rings. The van der Waals surface area contributed by atoms with Gasteiger partial charge in [0, 0.05) is 19.0 Å². The fourth-order valence-electron chi connectivity index (χ4n) is 2.70. The van der Waals surface area contributed by atoms with E-state index in [-0.39, 0.29) is 5.92 Å². The molecule has 0 spiro atoms. The van der Waals surface area contributed by atoms with Gasteiger partial charge in [0.05, 0.1) is 4.90 Å². The van der Waals surface area contributed by atoms with Crippen LogP contribution in [0.25, 0.3) is 0 Å². The summed E-state index contributed by atoms with van der Waals surface area (Å²) in [4.78, 5) is 4.43. The maximum Gasteiger partial charge on any atom is 0.243 e. The standard InChI is InChI=1S/C14H17N3O3S/c1-2-11-5-3-4-6-13(11)21(18,19)17-8-7-12(9-17)14-15-10-20-16-14/h3-6,10,12H,2,7-9H2,1H3/t12-/m0/s1. The van der Waals surface area contributed by atoms with E-state index >= 15 is 0 Å². The lowest BCUT2D eigenvalue weighted by Crippen LogP contribution is -2.29. The molecule has 7 heteroatoms. The van der Waals surface area contributed by atoms with Crippen molar-refractivity contribution in [3.05, 3.63) is 42.0 Å². The zero-order chi connectivity index (χ0) is 14.9. The summed E-state index contributed by atoms with van der Waals surface area (Å²) in [6.07, 6.45) is 2.68. The minimum atomic E-state index is -3.46. The lowest BCUT2D eigenvalue weighted by Gasteiger charge is -2.18. The van der Waals surface area contributed by atoms with E-state index in [9.17, 15) is 8.42 Å². The molecule has 0 aliphatic carbocycles. The first-order chi connectivity index (χ1) is 10.1. The molecular weight excluding hydrogens is 290 g/mol. The van der Waals surface area contributed by atoms with Crippen LogP contribution in [0.1, 0.15) is 30.7 Å². The number of hydrogen-bond acceptors (Lipinski definition) is 5. The molecule has 6 nitrogen and oxygen atoms in total. The molecule has 3 rings (SSSR count). The van der Waals surface area contributed by atoms with Crippen LogP contribution in [-0.2, 0) is 16.4 Å². The van der Waals surface area contributed by atoms with Gasteiger partial charge >= 0.3 is 0 Å². The Labute approximate surface area is 123 Å². The van der Waals surface area contributed by atoms with Gasteiger partial charge in [0.1, 0.15) is 0 Å². The number of nitrogens with zero attached hydrogens (tertiary/aromatic N) is 3. The van der Waals surface area contributed by atoms with E-state index in [1.165, 1.54) is 10.7 Å². The maximum absolute atomic E-state index is 12.8. The van der Waals surface area contributed by atoms with Crippen molar-refractivity contribution in [3.63, 3.8) is 0 Å². The van der Waals surface area contributed by atoms with Crippen molar-refractivity contribution < 1.29 is 12.9 Å². The van der Waals surface area contributed by atoms with Gasteiger partial charge in [-0.2, -0.15) is 9.29 Å². The van der Waals surface area contributed by atoms with Crippen molar-refractivity contribution in [1.82, 2.24) is 14.4 Å². The number of aromatic nitrogens is 2. The molecule has 1 aliphatic rings. The van der Waals surface area contributed by atoms with E-state index < -0.39 is 10.0 Å². The molecule has 0 unspecified atom stereocenters. The van der Waals surface area contributed by atoms with Crippen molar-refractivity contribution in [2.45, 2.75) is 30.6 Å². The van der Waals surface area contributed by atoms with E-state index in [0.717, 1.165) is 5.56 Å². The Morgan fingerprint density at radius 2 is 2.19 bits per heavy atom. The summed E-state index contributed by atoms with van der Waals surface area (Å²) >= 11 is 0. The molecule has 2 heterocycles. The van der Waals surface area contributed by atoms with Crippen molar-refractivity contribution in [1.29, 1.82) is 0 Å². The van der Waals surface area contributed by atoms with Gasteiger partial charge < -0.3 is 4.52 Å². The highest BCUT2D eigenvalue weighted by Gasteiger charge is 2.35. The van der Waals surface area contributed by atoms with E-state index in [2.05, 4.69) is 10.1 Å². The summed E-state index contributed by atoms with van der Waals surface area (Å²) in [6.45, 7) is 2.85. The highest BCUT2D eigenvalue weighted by Crippen LogP contribution is 2.30. The Balaban J connectivity index is 1.86. The molecule has 0 amide bonds. The summed E-state index contributed by atoms with van der Waals surface area (Å²) in [5.74, 6) is 0.587. The normalized spacial score (nSPS) is 20.0. The third kappa shape index (κ3) is 2.58. The number of sulfonamides is 1. The van der Waals surface area contributed by atoms with Gasteiger partial charge in [-0.15, -0.1) is 0 Å². The van der Waals surface area contributed by atoms with Gasteiger partial charge in [0.15, 0.2) is 5.82 Å². The van der Waals surface area contributed by atoms with E-state index in [4.69, 9.17) is 4.52 Å². The van der Waals surface area contributed by atoms with Gasteiger partial charge in [0.25, 0.3) is 0 Å². The molecule has 1 atom stereocenters. The Morgan fingerprint density at radius 3 is 2.90 bits per heavy atom. The third-order valence-corrected chi connectivity index (χ3v) is 5.83. The summed E-state index contributed by atoms with van der Waals surface area (Å²) in [6, 6.07) is 7.16. The fourth-order valence-corrected chi connectivity index (χ4v) is 4.50. The van der Waals surface area contributed by atoms with Crippen LogP contribution in [0.5, 0.6) is 0 Å². The van der Waals surface area contributed by atoms with Crippen LogP contribution >= 0.6 is 0 Å². The first-order valence-electron chi connectivity index (χ1n) is 6.97. The molecule has 0 saturated carbocycles. The minimum Gasteiger partial charge on any atom is -0.343 e. The van der Waals surface area contributed by atoms with Gasteiger partial charge in [-0.1, -0.05) is 30.3 Å². The average molecular weight is 307 g/mol. The van der Waals surface area contributed by atoms with Crippen LogP contribution in [0.4, 0.5) is 0 Å². The van der Waals surface area contributed by atoms with Crippen molar-refractivity contribution in [2.75, 3.05) is 13.1 Å². The summed E-state index contributed by atoms with van der Waals surface area (Å²) in [5.41, 5.74) is 0.848. The summed E-state index contributed by atoms with van der Waals surface area (Å²) in [5, 5.41) is 3.81. The molecule has 0 radical (unpaired) electrons. The van der Waals surface area contributed by atoms with Crippen molar-refractivity contribution >= 4 is 10.0 Å². The molecule has 1 saturated heterocycles. The summed E-state index contributed by atoms with van der Waals surface area (Å²) < 4.78 is 31.8. The quantitative estimate of drug-likeness (QED) is 0.861. The third-order valence-electron chi connectivity index (χ3n) is 3.87. The first kappa shape index (κ1) is 14.2. The number of benzene rings is 1. The second-order valence-corrected chi connectivity index (χ2v) is 7.01. The Kier molecular flexibility index (Phi) is 3.77. The molecule has 112 valence electrons. The molecule has 1 aromatic carbocycles. The lowest BCUT2D eigenvalue weighted by atomic mass is 10.1. The highest BCUT2D eigenvalue weighted by molar-refractivity contribution is 7.89. The minimum absolute atomic E-state index is 0.00677. The maximum atomic E-state index is 12.8. The Bertz CT molecular complexity index is 713. The predicted molar refractivity (Wildman–Crippen MR) is 76.2 cm³/mol. The Morgan fingerprint density at radius 1 is 1.38 bits per heavy atom. The largest absolute Gasteiger partial charge is 0.343 e. The molecule has 1 aromatic heterocycles. The van der Waals surface area contributed by atoms with Crippen LogP contribution in [0, 0.1) is 0 Å². The molecule has 0 N–H and O–H groups in total. The fraction of sp³-hybridized carbons (Fsp3) is 0.429. The van der Waals surface area contributed by atoms with Crippen molar-refractivity contribution in [3.8, 4) is 0 Å². The van der Waals surface area contributed by atoms with Crippen LogP contribution in [0.2, 0.25) is 0 Å². The predicted octanol–water partition coefficient (Wildman–Crippen LogP) is 1.81. The number of aryl methyl sites for hydroxylation is 1. The number of rotatable bonds is 4.